The van der Waals surface area contributed by atoms with Gasteiger partial charge in [-0.25, -0.2) is 0 Å². The molecule has 1 amide bonds. The van der Waals surface area contributed by atoms with E-state index in [0.29, 0.717) is 22.7 Å². The molecule has 28 heavy (non-hydrogen) atoms. The molecule has 1 saturated heterocycles. The Hall–Kier alpha value is -1.48. The molecular weight excluding hydrogens is 508 g/mol. The molecule has 0 radical (unpaired) electrons. The Bertz CT molecular complexity index is 1040. The first kappa shape index (κ1) is 19.8. The number of furan rings is 1. The topological polar surface area (TPSA) is 63.8 Å². The van der Waals surface area contributed by atoms with Crippen LogP contribution in [0.25, 0.3) is 11.0 Å². The third kappa shape index (κ3) is 4.25. The van der Waals surface area contributed by atoms with Gasteiger partial charge < -0.3 is 14.6 Å². The normalized spacial score (nSPS) is 15.1. The number of piperidine rings is 1. The number of hydrogen-bond acceptors (Lipinski definition) is 4. The predicted octanol–water partition coefficient (Wildman–Crippen LogP) is 4.26. The summed E-state index contributed by atoms with van der Waals surface area (Å²) in [6, 6.07) is 9.10. The highest BCUT2D eigenvalue weighted by atomic mass is 79.9. The molecule has 1 fully saturated rings. The second-order valence-electron chi connectivity index (χ2n) is 6.92. The molecule has 8 heteroatoms. The van der Waals surface area contributed by atoms with E-state index in [0.717, 1.165) is 39.6 Å². The van der Waals surface area contributed by atoms with E-state index in [4.69, 9.17) is 4.42 Å². The van der Waals surface area contributed by atoms with E-state index >= 15 is 0 Å². The van der Waals surface area contributed by atoms with Crippen LogP contribution in [-0.4, -0.2) is 31.3 Å². The zero-order chi connectivity index (χ0) is 19.7. The van der Waals surface area contributed by atoms with Gasteiger partial charge in [-0.05, 0) is 65.5 Å². The van der Waals surface area contributed by atoms with E-state index < -0.39 is 0 Å². The van der Waals surface area contributed by atoms with Gasteiger partial charge in [0, 0.05) is 9.86 Å². The van der Waals surface area contributed by atoms with Crippen molar-refractivity contribution in [3.05, 3.63) is 49.2 Å². The number of halogens is 2. The van der Waals surface area contributed by atoms with Gasteiger partial charge in [-0.3, -0.25) is 9.59 Å². The number of nitrogens with one attached hydrogen (secondary N) is 2. The van der Waals surface area contributed by atoms with Gasteiger partial charge in [-0.1, -0.05) is 15.9 Å². The molecular formula is C20H19Br2N2O3S+. The van der Waals surface area contributed by atoms with Crippen molar-refractivity contribution in [1.82, 2.24) is 0 Å². The summed E-state index contributed by atoms with van der Waals surface area (Å²) < 4.78 is 7.60. The standard InChI is InChI=1S/C20H18Br2N2O3S/c21-12-4-5-14-13(10-12)18(23-17(25)11-24-8-2-1-3-9-24)20(27-14)19(26)15-6-7-16(22)28-15/h4-7,10H,1-3,8-9,11H2,(H,23,25)/p+1. The molecule has 0 aliphatic carbocycles. The lowest BCUT2D eigenvalue weighted by Gasteiger charge is -2.22. The van der Waals surface area contributed by atoms with Gasteiger partial charge in [0.05, 0.1) is 27.4 Å². The monoisotopic (exact) mass is 525 g/mol. The van der Waals surface area contributed by atoms with Crippen LogP contribution in [0.1, 0.15) is 34.7 Å². The minimum absolute atomic E-state index is 0.0963. The number of ketones is 1. The van der Waals surface area contributed by atoms with Crippen molar-refractivity contribution in [2.45, 2.75) is 19.3 Å². The molecule has 2 N–H and O–H groups in total. The van der Waals surface area contributed by atoms with Crippen LogP contribution < -0.4 is 10.2 Å². The molecule has 1 aliphatic rings. The quantitative estimate of drug-likeness (QED) is 0.488. The molecule has 4 rings (SSSR count). The number of hydrogen-bond donors (Lipinski definition) is 2. The first-order valence-electron chi connectivity index (χ1n) is 9.17. The van der Waals surface area contributed by atoms with Gasteiger partial charge in [0.2, 0.25) is 5.78 Å². The maximum atomic E-state index is 13.0. The fourth-order valence-corrected chi connectivity index (χ4v) is 5.23. The lowest BCUT2D eigenvalue weighted by Crippen LogP contribution is -3.13. The third-order valence-electron chi connectivity index (χ3n) is 4.89. The smallest absolute Gasteiger partial charge is 0.279 e. The van der Waals surface area contributed by atoms with E-state index in [2.05, 4.69) is 37.2 Å². The number of rotatable bonds is 5. The first-order chi connectivity index (χ1) is 13.5. The Balaban J connectivity index is 1.67. The van der Waals surface area contributed by atoms with Gasteiger partial charge in [0.1, 0.15) is 5.58 Å². The molecule has 1 aromatic carbocycles. The molecule has 3 aromatic rings. The van der Waals surface area contributed by atoms with Crippen LogP contribution in [0, 0.1) is 0 Å². The number of benzene rings is 1. The number of anilines is 1. The lowest BCUT2D eigenvalue weighted by atomic mass is 10.1. The first-order valence-corrected chi connectivity index (χ1v) is 11.6. The van der Waals surface area contributed by atoms with Crippen molar-refractivity contribution in [3.8, 4) is 0 Å². The van der Waals surface area contributed by atoms with Crippen LogP contribution in [0.15, 0.2) is 43.0 Å². The van der Waals surface area contributed by atoms with Crippen molar-refractivity contribution in [2.75, 3.05) is 25.0 Å². The Morgan fingerprint density at radius 1 is 1.11 bits per heavy atom. The number of thiophene rings is 1. The number of quaternary nitrogens is 1. The van der Waals surface area contributed by atoms with Crippen LogP contribution in [0.5, 0.6) is 0 Å². The van der Waals surface area contributed by atoms with E-state index in [9.17, 15) is 9.59 Å². The van der Waals surface area contributed by atoms with Crippen LogP contribution >= 0.6 is 43.2 Å². The minimum Gasteiger partial charge on any atom is -0.450 e. The van der Waals surface area contributed by atoms with Crippen molar-refractivity contribution >= 4 is 71.5 Å². The van der Waals surface area contributed by atoms with Gasteiger partial charge in [0.15, 0.2) is 12.3 Å². The highest BCUT2D eigenvalue weighted by Crippen LogP contribution is 2.35. The van der Waals surface area contributed by atoms with Crippen molar-refractivity contribution in [3.63, 3.8) is 0 Å². The average Bonchev–Trinajstić information content (AvgIpc) is 3.26. The molecule has 0 unspecified atom stereocenters. The largest absolute Gasteiger partial charge is 0.450 e. The second-order valence-corrected chi connectivity index (χ2v) is 10.3. The number of fused-ring (bicyclic) bond motifs is 1. The maximum Gasteiger partial charge on any atom is 0.279 e. The zero-order valence-corrected chi connectivity index (χ0v) is 19.0. The summed E-state index contributed by atoms with van der Waals surface area (Å²) in [7, 11) is 0. The van der Waals surface area contributed by atoms with Crippen LogP contribution in [0.3, 0.4) is 0 Å². The number of amides is 1. The molecule has 0 spiro atoms. The number of carbonyl (C=O) groups is 2. The van der Waals surface area contributed by atoms with Crippen molar-refractivity contribution in [2.24, 2.45) is 0 Å². The second kappa shape index (κ2) is 8.49. The van der Waals surface area contributed by atoms with Crippen LogP contribution in [0.2, 0.25) is 0 Å². The minimum atomic E-state index is -0.233. The fraction of sp³-hybridized carbons (Fsp3) is 0.300. The Kier molecular flexibility index (Phi) is 6.01. The van der Waals surface area contributed by atoms with Gasteiger partial charge >= 0.3 is 0 Å². The highest BCUT2D eigenvalue weighted by Gasteiger charge is 2.26. The van der Waals surface area contributed by atoms with Crippen LogP contribution in [0.4, 0.5) is 5.69 Å². The van der Waals surface area contributed by atoms with E-state index in [1.54, 1.807) is 12.1 Å². The Labute approximate surface area is 183 Å². The molecule has 5 nitrogen and oxygen atoms in total. The summed E-state index contributed by atoms with van der Waals surface area (Å²) in [4.78, 5) is 27.6. The predicted molar refractivity (Wildman–Crippen MR) is 117 cm³/mol. The number of likely N-dealkylation sites (tertiary alicyclic amines) is 1. The van der Waals surface area contributed by atoms with Gasteiger partial charge in [0.25, 0.3) is 5.91 Å². The third-order valence-corrected chi connectivity index (χ3v) is 7.00. The van der Waals surface area contributed by atoms with E-state index in [1.807, 2.05) is 18.2 Å². The van der Waals surface area contributed by atoms with Gasteiger partial charge in [-0.2, -0.15) is 0 Å². The summed E-state index contributed by atoms with van der Waals surface area (Å²) >= 11 is 8.19. The molecule has 0 saturated carbocycles. The molecule has 0 atom stereocenters. The number of carbonyl (C=O) groups excluding carboxylic acids is 2. The zero-order valence-electron chi connectivity index (χ0n) is 15.0. The Morgan fingerprint density at radius 2 is 1.89 bits per heavy atom. The highest BCUT2D eigenvalue weighted by molar-refractivity contribution is 9.11. The van der Waals surface area contributed by atoms with Gasteiger partial charge in [-0.15, -0.1) is 11.3 Å². The van der Waals surface area contributed by atoms with Crippen LogP contribution in [-0.2, 0) is 4.79 Å². The molecule has 146 valence electrons. The summed E-state index contributed by atoms with van der Waals surface area (Å²) in [5.41, 5.74) is 1.02. The van der Waals surface area contributed by atoms with Crippen molar-refractivity contribution < 1.29 is 18.9 Å². The average molecular weight is 527 g/mol. The summed E-state index contributed by atoms with van der Waals surface area (Å²) in [5, 5.41) is 3.68. The van der Waals surface area contributed by atoms with E-state index in [1.165, 1.54) is 22.7 Å². The molecule has 2 aromatic heterocycles. The van der Waals surface area contributed by atoms with Crippen molar-refractivity contribution in [1.29, 1.82) is 0 Å². The summed E-state index contributed by atoms with van der Waals surface area (Å²) in [6.45, 7) is 2.43. The molecule has 0 bridgehead atoms. The fourth-order valence-electron chi connectivity index (χ4n) is 3.54. The maximum absolute atomic E-state index is 13.0. The summed E-state index contributed by atoms with van der Waals surface area (Å²) in [5.74, 6) is -0.158. The molecule has 3 heterocycles. The Morgan fingerprint density at radius 3 is 2.61 bits per heavy atom. The van der Waals surface area contributed by atoms with E-state index in [-0.39, 0.29) is 17.5 Å². The molecule has 1 aliphatic heterocycles. The lowest BCUT2D eigenvalue weighted by molar-refractivity contribution is -0.896. The summed E-state index contributed by atoms with van der Waals surface area (Å²) in [6.07, 6.45) is 3.54. The SMILES string of the molecule is O=C(C[NH+]1CCCCC1)Nc1c(C(=O)c2ccc(Br)s2)oc2ccc(Br)cc12.